The maximum absolute atomic E-state index is 14.2. The number of aliphatic hydroxyl groups excluding tert-OH is 2. The fourth-order valence-electron chi connectivity index (χ4n) is 6.94. The van der Waals surface area contributed by atoms with E-state index in [0.29, 0.717) is 0 Å². The van der Waals surface area contributed by atoms with E-state index in [-0.39, 0.29) is 52.0 Å². The van der Waals surface area contributed by atoms with E-state index in [0.717, 1.165) is 7.11 Å². The topological polar surface area (TPSA) is 183 Å². The van der Waals surface area contributed by atoms with Crippen LogP contribution in [0.5, 0.6) is 17.2 Å². The number of aromatic hydroxyl groups is 2. The summed E-state index contributed by atoms with van der Waals surface area (Å²) in [5.41, 5.74) is -3.95. The van der Waals surface area contributed by atoms with Crippen molar-refractivity contribution in [3.8, 4) is 17.2 Å². The number of ketones is 2. The maximum atomic E-state index is 14.2. The Morgan fingerprint density at radius 2 is 1.76 bits per heavy atom. The van der Waals surface area contributed by atoms with Crippen molar-refractivity contribution >= 4 is 17.5 Å². The number of phenolic OH excluding ortho intramolecular Hbond substituents is 2. The van der Waals surface area contributed by atoms with Gasteiger partial charge in [-0.2, -0.15) is 0 Å². The highest BCUT2D eigenvalue weighted by atomic mass is 16.7. The molecule has 1 fully saturated rings. The molecule has 4 aliphatic rings. The minimum absolute atomic E-state index is 0.0794. The number of hydrogen-bond acceptors (Lipinski definition) is 12. The number of benzene rings is 2. The molecule has 0 radical (unpaired) electrons. The zero-order valence-corrected chi connectivity index (χ0v) is 23.1. The summed E-state index contributed by atoms with van der Waals surface area (Å²) in [5, 5.41) is 55.7. The first-order valence-corrected chi connectivity index (χ1v) is 13.2. The highest BCUT2D eigenvalue weighted by Crippen LogP contribution is 2.54. The van der Waals surface area contributed by atoms with Crippen LogP contribution in [0.4, 0.5) is 0 Å². The predicted molar refractivity (Wildman–Crippen MR) is 139 cm³/mol. The molecule has 2 aliphatic heterocycles. The SMILES string of the molecule is COC(=O)[C@H]1c2cc3c(c(O)c2CC[C@]1(C)O)C(=O)c1c(O)cc2c(c1C3=O)O[C@@H]1O[C@@]2(C)[C@@H](O)[C@@H](N(C)C)[C@H]1O. The molecule has 0 amide bonds. The van der Waals surface area contributed by atoms with Crippen molar-refractivity contribution in [3.05, 3.63) is 51.1 Å². The molecule has 0 saturated carbocycles. The normalized spacial score (nSPS) is 33.3. The fraction of sp³-hybridized carbons (Fsp3) is 0.483. The molecule has 0 spiro atoms. The molecule has 2 bridgehead atoms. The molecule has 5 N–H and O–H groups in total. The molecule has 12 nitrogen and oxygen atoms in total. The summed E-state index contributed by atoms with van der Waals surface area (Å²) >= 11 is 0. The van der Waals surface area contributed by atoms with Crippen molar-refractivity contribution < 1.29 is 54.1 Å². The Hall–Kier alpha value is -3.55. The average Bonchev–Trinajstić information content (AvgIpc) is 2.89. The number of hydrogen-bond donors (Lipinski definition) is 5. The van der Waals surface area contributed by atoms with Gasteiger partial charge in [-0.25, -0.2) is 0 Å². The lowest BCUT2D eigenvalue weighted by Gasteiger charge is -2.53. The zero-order valence-electron chi connectivity index (χ0n) is 23.1. The third-order valence-corrected chi connectivity index (χ3v) is 9.12. The summed E-state index contributed by atoms with van der Waals surface area (Å²) in [5.74, 6) is -4.92. The number of nitrogens with zero attached hydrogens (tertiary/aromatic N) is 1. The Kier molecular flexibility index (Phi) is 5.88. The molecule has 41 heavy (non-hydrogen) atoms. The van der Waals surface area contributed by atoms with Gasteiger partial charge in [0.2, 0.25) is 12.1 Å². The lowest BCUT2D eigenvalue weighted by molar-refractivity contribution is -0.311. The number of phenols is 2. The minimum atomic E-state index is -1.56. The van der Waals surface area contributed by atoms with Gasteiger partial charge in [0.1, 0.15) is 41.0 Å². The zero-order chi connectivity index (χ0) is 29.9. The third-order valence-electron chi connectivity index (χ3n) is 9.12. The van der Waals surface area contributed by atoms with Gasteiger partial charge in [-0.1, -0.05) is 0 Å². The molecule has 2 heterocycles. The van der Waals surface area contributed by atoms with Gasteiger partial charge in [-0.15, -0.1) is 0 Å². The molecule has 2 aromatic rings. The van der Waals surface area contributed by atoms with E-state index in [1.807, 2.05) is 0 Å². The lowest BCUT2D eigenvalue weighted by atomic mass is 9.69. The smallest absolute Gasteiger partial charge is 0.316 e. The van der Waals surface area contributed by atoms with Crippen molar-refractivity contribution in [3.63, 3.8) is 0 Å². The summed E-state index contributed by atoms with van der Waals surface area (Å²) in [6, 6.07) is 1.66. The number of carbonyl (C=O) groups excluding carboxylic acids is 3. The standard InChI is InChI=1S/C29H31NO11/c1-28(38)7-6-10-11(18(28)26(37)39-5)8-12-15(20(10)32)22(34)16-14(31)9-13-24(17(16)21(12)33)40-27-23(35)19(30(3)4)25(36)29(13,2)41-27/h8-9,18-19,23,25,27,31-32,35-36,38H,6-7H2,1-5H3/t18-,19+,23-,25+,27-,28+,29-/m1/s1. The lowest BCUT2D eigenvalue weighted by Crippen LogP contribution is -2.68. The quantitative estimate of drug-likeness (QED) is 0.269. The van der Waals surface area contributed by atoms with Crippen molar-refractivity contribution in [1.29, 1.82) is 0 Å². The molecule has 0 unspecified atom stereocenters. The van der Waals surface area contributed by atoms with Crippen LogP contribution in [0.1, 0.15) is 74.7 Å². The van der Waals surface area contributed by atoms with Gasteiger partial charge in [-0.05, 0) is 64.0 Å². The molecule has 6 rings (SSSR count). The van der Waals surface area contributed by atoms with E-state index in [2.05, 4.69) is 0 Å². The number of carbonyl (C=O) groups is 3. The molecule has 0 aromatic heterocycles. The second kappa shape index (κ2) is 8.73. The van der Waals surface area contributed by atoms with Crippen LogP contribution >= 0.6 is 0 Å². The fourth-order valence-corrected chi connectivity index (χ4v) is 6.94. The summed E-state index contributed by atoms with van der Waals surface area (Å²) in [6.07, 6.45) is -3.80. The summed E-state index contributed by atoms with van der Waals surface area (Å²) in [6.45, 7) is 2.99. The first-order chi connectivity index (χ1) is 19.2. The second-order valence-corrected chi connectivity index (χ2v) is 11.8. The molecule has 2 aliphatic carbocycles. The Morgan fingerprint density at radius 1 is 1.07 bits per heavy atom. The summed E-state index contributed by atoms with van der Waals surface area (Å²) in [4.78, 5) is 42.4. The predicted octanol–water partition coefficient (Wildman–Crippen LogP) is 0.443. The first kappa shape index (κ1) is 27.6. The minimum Gasteiger partial charge on any atom is -0.507 e. The van der Waals surface area contributed by atoms with Gasteiger partial charge in [0.15, 0.2) is 5.78 Å². The van der Waals surface area contributed by atoms with Gasteiger partial charge in [0.25, 0.3) is 0 Å². The molecule has 218 valence electrons. The van der Waals surface area contributed by atoms with E-state index < -0.39 is 76.3 Å². The van der Waals surface area contributed by atoms with E-state index in [4.69, 9.17) is 14.2 Å². The molecular weight excluding hydrogens is 538 g/mol. The molecule has 12 heteroatoms. The van der Waals surface area contributed by atoms with Crippen LogP contribution in [0.2, 0.25) is 0 Å². The number of ether oxygens (including phenoxy) is 3. The number of likely N-dealkylation sites (N-methyl/N-ethyl adjacent to an activating group) is 1. The van der Waals surface area contributed by atoms with Crippen molar-refractivity contribution in [2.24, 2.45) is 0 Å². The van der Waals surface area contributed by atoms with Crippen LogP contribution in [-0.2, 0) is 26.3 Å². The van der Waals surface area contributed by atoms with Crippen molar-refractivity contribution in [2.75, 3.05) is 21.2 Å². The van der Waals surface area contributed by atoms with Gasteiger partial charge < -0.3 is 44.6 Å². The van der Waals surface area contributed by atoms with Gasteiger partial charge in [0, 0.05) is 11.1 Å². The Bertz CT molecular complexity index is 1550. The Balaban J connectivity index is 1.59. The highest BCUT2D eigenvalue weighted by Gasteiger charge is 2.59. The molecular formula is C29H31NO11. The number of methoxy groups -OCH3 is 1. The number of esters is 1. The first-order valence-electron chi connectivity index (χ1n) is 13.2. The number of aliphatic hydroxyl groups is 3. The van der Waals surface area contributed by atoms with Crippen LogP contribution in [0.15, 0.2) is 12.1 Å². The Labute approximate surface area is 234 Å². The van der Waals surface area contributed by atoms with Crippen LogP contribution in [0.25, 0.3) is 0 Å². The van der Waals surface area contributed by atoms with Gasteiger partial charge in [0.05, 0.1) is 35.4 Å². The second-order valence-electron chi connectivity index (χ2n) is 11.8. The van der Waals surface area contributed by atoms with E-state index in [1.165, 1.54) is 26.0 Å². The van der Waals surface area contributed by atoms with Crippen molar-refractivity contribution in [1.82, 2.24) is 4.90 Å². The Morgan fingerprint density at radius 3 is 2.39 bits per heavy atom. The number of rotatable bonds is 2. The average molecular weight is 570 g/mol. The van der Waals surface area contributed by atoms with Gasteiger partial charge in [-0.3, -0.25) is 14.4 Å². The maximum Gasteiger partial charge on any atom is 0.316 e. The van der Waals surface area contributed by atoms with Crippen LogP contribution < -0.4 is 4.74 Å². The molecule has 7 atom stereocenters. The largest absolute Gasteiger partial charge is 0.507 e. The third kappa shape index (κ3) is 3.48. The van der Waals surface area contributed by atoms with Gasteiger partial charge >= 0.3 is 5.97 Å². The molecule has 2 aromatic carbocycles. The van der Waals surface area contributed by atoms with E-state index in [1.54, 1.807) is 19.0 Å². The van der Waals surface area contributed by atoms with E-state index in [9.17, 15) is 39.9 Å². The molecule has 1 saturated heterocycles. The van der Waals surface area contributed by atoms with Crippen LogP contribution in [0.3, 0.4) is 0 Å². The van der Waals surface area contributed by atoms with E-state index >= 15 is 0 Å². The highest BCUT2D eigenvalue weighted by molar-refractivity contribution is 6.31. The number of fused-ring (bicyclic) bond motifs is 8. The summed E-state index contributed by atoms with van der Waals surface area (Å²) < 4.78 is 16.8. The van der Waals surface area contributed by atoms with Crippen LogP contribution in [-0.4, -0.2) is 99.3 Å². The van der Waals surface area contributed by atoms with Crippen molar-refractivity contribution in [2.45, 2.75) is 68.3 Å². The monoisotopic (exact) mass is 569 g/mol. The summed E-state index contributed by atoms with van der Waals surface area (Å²) in [7, 11) is 4.49. The van der Waals surface area contributed by atoms with Crippen LogP contribution in [0, 0.1) is 0 Å².